The summed E-state index contributed by atoms with van der Waals surface area (Å²) in [4.78, 5) is 21.6. The first kappa shape index (κ1) is 15.2. The molecule has 1 aliphatic carbocycles. The van der Waals surface area contributed by atoms with Crippen molar-refractivity contribution in [3.8, 4) is 5.75 Å². The minimum absolute atomic E-state index is 0.0122. The van der Waals surface area contributed by atoms with Gasteiger partial charge >= 0.3 is 0 Å². The summed E-state index contributed by atoms with van der Waals surface area (Å²) in [6, 6.07) is 5.60. The zero-order valence-electron chi connectivity index (χ0n) is 11.7. The number of hydrogen-bond donors (Lipinski definition) is 2. The van der Waals surface area contributed by atoms with Crippen LogP contribution in [0.15, 0.2) is 24.3 Å². The number of nitrogens with one attached hydrogen (secondary N) is 1. The predicted octanol–water partition coefficient (Wildman–Crippen LogP) is 1.11. The maximum absolute atomic E-state index is 11.6. The third-order valence-electron chi connectivity index (χ3n) is 3.45. The molecule has 7 heteroatoms. The van der Waals surface area contributed by atoms with Crippen LogP contribution in [-0.2, 0) is 4.79 Å². The van der Waals surface area contributed by atoms with Crippen molar-refractivity contribution in [3.05, 3.63) is 34.4 Å². The monoisotopic (exact) mass is 294 g/mol. The van der Waals surface area contributed by atoms with Gasteiger partial charge in [0, 0.05) is 24.6 Å². The Kier molecular flexibility index (Phi) is 4.74. The zero-order chi connectivity index (χ0) is 15.4. The van der Waals surface area contributed by atoms with Crippen molar-refractivity contribution >= 4 is 11.6 Å². The maximum Gasteiger partial charge on any atom is 0.269 e. The number of benzene rings is 1. The number of aliphatic hydroxyl groups excluding tert-OH is 1. The molecule has 7 nitrogen and oxygen atoms in total. The second-order valence-electron chi connectivity index (χ2n) is 5.28. The van der Waals surface area contributed by atoms with E-state index in [1.54, 1.807) is 0 Å². The van der Waals surface area contributed by atoms with Crippen molar-refractivity contribution in [1.29, 1.82) is 0 Å². The molecule has 114 valence electrons. The van der Waals surface area contributed by atoms with Crippen molar-refractivity contribution in [2.45, 2.75) is 19.4 Å². The number of carbonyl (C=O) groups excluding carboxylic acids is 1. The summed E-state index contributed by atoms with van der Waals surface area (Å²) < 4.78 is 5.31. The predicted molar refractivity (Wildman–Crippen MR) is 74.9 cm³/mol. The minimum Gasteiger partial charge on any atom is -0.491 e. The van der Waals surface area contributed by atoms with E-state index >= 15 is 0 Å². The summed E-state index contributed by atoms with van der Waals surface area (Å²) in [6.45, 7) is 2.16. The Bertz CT molecular complexity index is 517. The molecule has 1 saturated carbocycles. The first-order valence-corrected chi connectivity index (χ1v) is 6.80. The van der Waals surface area contributed by atoms with Gasteiger partial charge in [0.15, 0.2) is 0 Å². The van der Waals surface area contributed by atoms with Crippen LogP contribution in [0.25, 0.3) is 0 Å². The van der Waals surface area contributed by atoms with Crippen LogP contribution < -0.4 is 10.1 Å². The topological polar surface area (TPSA) is 102 Å². The van der Waals surface area contributed by atoms with Crippen LogP contribution in [0.1, 0.15) is 13.3 Å². The van der Waals surface area contributed by atoms with E-state index in [1.165, 1.54) is 24.3 Å². The maximum atomic E-state index is 11.6. The lowest BCUT2D eigenvalue weighted by Gasteiger charge is -2.13. The number of hydrogen-bond acceptors (Lipinski definition) is 5. The van der Waals surface area contributed by atoms with E-state index in [2.05, 4.69) is 5.32 Å². The highest BCUT2D eigenvalue weighted by atomic mass is 16.6. The molecule has 3 atom stereocenters. The smallest absolute Gasteiger partial charge is 0.269 e. The highest BCUT2D eigenvalue weighted by molar-refractivity contribution is 5.81. The molecule has 1 aliphatic rings. The van der Waals surface area contributed by atoms with Crippen LogP contribution in [-0.4, -0.2) is 35.2 Å². The summed E-state index contributed by atoms with van der Waals surface area (Å²) in [5.74, 6) is 0.907. The molecule has 0 radical (unpaired) electrons. The molecule has 2 rings (SSSR count). The van der Waals surface area contributed by atoms with Gasteiger partial charge in [-0.2, -0.15) is 0 Å². The van der Waals surface area contributed by atoms with Gasteiger partial charge in [0.2, 0.25) is 5.91 Å². The molecule has 1 aromatic carbocycles. The van der Waals surface area contributed by atoms with Gasteiger partial charge in [-0.25, -0.2) is 0 Å². The highest BCUT2D eigenvalue weighted by Gasteiger charge is 2.38. The van der Waals surface area contributed by atoms with Gasteiger partial charge < -0.3 is 15.2 Å². The number of amides is 1. The molecular formula is C14H18N2O5. The third-order valence-corrected chi connectivity index (χ3v) is 3.45. The second-order valence-corrected chi connectivity index (χ2v) is 5.28. The van der Waals surface area contributed by atoms with Crippen LogP contribution in [0.4, 0.5) is 5.69 Å². The first-order chi connectivity index (χ1) is 9.97. The molecule has 0 saturated heterocycles. The number of rotatable bonds is 7. The summed E-state index contributed by atoms with van der Waals surface area (Å²) in [5, 5.41) is 22.9. The fraction of sp³-hybridized carbons (Fsp3) is 0.500. The third kappa shape index (κ3) is 4.42. The Morgan fingerprint density at radius 2 is 2.14 bits per heavy atom. The lowest BCUT2D eigenvalue weighted by Crippen LogP contribution is -2.36. The van der Waals surface area contributed by atoms with E-state index in [1.807, 2.05) is 6.92 Å². The Morgan fingerprint density at radius 3 is 2.67 bits per heavy atom. The average molecular weight is 294 g/mol. The second kappa shape index (κ2) is 6.53. The van der Waals surface area contributed by atoms with Gasteiger partial charge in [-0.05, 0) is 24.5 Å². The first-order valence-electron chi connectivity index (χ1n) is 6.80. The molecule has 2 N–H and O–H groups in total. The van der Waals surface area contributed by atoms with Crippen molar-refractivity contribution in [2.24, 2.45) is 11.8 Å². The Balaban J connectivity index is 1.69. The molecule has 0 heterocycles. The number of nitro groups is 1. The Labute approximate surface area is 122 Å². The van der Waals surface area contributed by atoms with Crippen LogP contribution in [0.2, 0.25) is 0 Å². The summed E-state index contributed by atoms with van der Waals surface area (Å²) >= 11 is 0. The van der Waals surface area contributed by atoms with Gasteiger partial charge in [0.05, 0.1) is 4.92 Å². The lowest BCUT2D eigenvalue weighted by atomic mass is 10.3. The van der Waals surface area contributed by atoms with E-state index in [0.29, 0.717) is 11.7 Å². The van der Waals surface area contributed by atoms with Crippen LogP contribution >= 0.6 is 0 Å². The van der Waals surface area contributed by atoms with Gasteiger partial charge in [-0.1, -0.05) is 6.92 Å². The molecule has 0 aromatic heterocycles. The van der Waals surface area contributed by atoms with Crippen molar-refractivity contribution < 1.29 is 19.6 Å². The molecule has 1 aromatic rings. The minimum atomic E-state index is -0.821. The van der Waals surface area contributed by atoms with Gasteiger partial charge in [0.1, 0.15) is 18.5 Å². The molecule has 0 unspecified atom stereocenters. The number of non-ortho nitro benzene ring substituents is 1. The fourth-order valence-electron chi connectivity index (χ4n) is 1.95. The quantitative estimate of drug-likeness (QED) is 0.579. The molecule has 1 amide bonds. The number of ether oxygens (including phenoxy) is 1. The van der Waals surface area contributed by atoms with Gasteiger partial charge in [-0.3, -0.25) is 14.9 Å². The number of nitro benzene ring substituents is 1. The summed E-state index contributed by atoms with van der Waals surface area (Å²) in [6.07, 6.45) is 0.0829. The van der Waals surface area contributed by atoms with Crippen LogP contribution in [0.3, 0.4) is 0 Å². The normalized spacial score (nSPS) is 21.4. The largest absolute Gasteiger partial charge is 0.491 e. The zero-order valence-corrected chi connectivity index (χ0v) is 11.7. The number of nitrogens with zero attached hydrogens (tertiary/aromatic N) is 1. The Hall–Kier alpha value is -2.15. The standard InChI is InChI=1S/C14H18N2O5/c1-9-6-13(9)14(18)15-7-11(17)8-21-12-4-2-10(3-5-12)16(19)20/h2-5,9,11,13,17H,6-8H2,1H3,(H,15,18)/t9-,11+,13+/m0/s1. The lowest BCUT2D eigenvalue weighted by molar-refractivity contribution is -0.384. The molecule has 0 bridgehead atoms. The van der Waals surface area contributed by atoms with E-state index in [9.17, 15) is 20.0 Å². The van der Waals surface area contributed by atoms with Gasteiger partial charge in [-0.15, -0.1) is 0 Å². The summed E-state index contributed by atoms with van der Waals surface area (Å²) in [7, 11) is 0. The number of carbonyl (C=O) groups is 1. The van der Waals surface area contributed by atoms with E-state index < -0.39 is 11.0 Å². The number of aliphatic hydroxyl groups is 1. The van der Waals surface area contributed by atoms with Crippen molar-refractivity contribution in [3.63, 3.8) is 0 Å². The van der Waals surface area contributed by atoms with Gasteiger partial charge in [0.25, 0.3) is 5.69 Å². The fourth-order valence-corrected chi connectivity index (χ4v) is 1.95. The molecule has 21 heavy (non-hydrogen) atoms. The van der Waals surface area contributed by atoms with E-state index in [0.717, 1.165) is 6.42 Å². The molecule has 0 aliphatic heterocycles. The highest BCUT2D eigenvalue weighted by Crippen LogP contribution is 2.37. The van der Waals surface area contributed by atoms with Crippen molar-refractivity contribution in [2.75, 3.05) is 13.2 Å². The SMILES string of the molecule is C[C@H]1C[C@H]1C(=O)NC[C@@H](O)COc1ccc([N+](=O)[O-])cc1. The molecular weight excluding hydrogens is 276 g/mol. The molecule has 1 fully saturated rings. The van der Waals surface area contributed by atoms with Crippen LogP contribution in [0.5, 0.6) is 5.75 Å². The Morgan fingerprint density at radius 1 is 1.52 bits per heavy atom. The van der Waals surface area contributed by atoms with Crippen LogP contribution in [0, 0.1) is 22.0 Å². The van der Waals surface area contributed by atoms with Crippen molar-refractivity contribution in [1.82, 2.24) is 5.32 Å². The average Bonchev–Trinajstić information content (AvgIpc) is 3.20. The van der Waals surface area contributed by atoms with E-state index in [4.69, 9.17) is 4.74 Å². The van der Waals surface area contributed by atoms with E-state index in [-0.39, 0.29) is 30.7 Å². The summed E-state index contributed by atoms with van der Waals surface area (Å²) in [5.41, 5.74) is -0.0197. The molecule has 0 spiro atoms.